The van der Waals surface area contributed by atoms with Crippen molar-refractivity contribution in [2.75, 3.05) is 24.5 Å². The monoisotopic (exact) mass is 272 g/mol. The van der Waals surface area contributed by atoms with Crippen molar-refractivity contribution >= 4 is 5.69 Å². The molecule has 1 aliphatic heterocycles. The smallest absolute Gasteiger partial charge is 0.0369 e. The molecular formula is C18H28N2. The summed E-state index contributed by atoms with van der Waals surface area (Å²) in [5.74, 6) is 0. The molecule has 2 aliphatic rings. The van der Waals surface area contributed by atoms with Gasteiger partial charge in [0.15, 0.2) is 0 Å². The molecule has 1 aromatic carbocycles. The van der Waals surface area contributed by atoms with Crippen molar-refractivity contribution < 1.29 is 0 Å². The van der Waals surface area contributed by atoms with Gasteiger partial charge in [0, 0.05) is 24.3 Å². The Labute approximate surface area is 123 Å². The minimum absolute atomic E-state index is 0.382. The minimum atomic E-state index is 0.382. The maximum Gasteiger partial charge on any atom is 0.0369 e. The van der Waals surface area contributed by atoms with Gasteiger partial charge >= 0.3 is 0 Å². The van der Waals surface area contributed by atoms with Crippen LogP contribution < -0.4 is 10.2 Å². The first kappa shape index (κ1) is 13.9. The van der Waals surface area contributed by atoms with E-state index in [1.165, 1.54) is 75.0 Å². The number of aryl methyl sites for hydroxylation is 2. The molecule has 2 heteroatoms. The first-order valence-electron chi connectivity index (χ1n) is 8.26. The van der Waals surface area contributed by atoms with Gasteiger partial charge in [0.05, 0.1) is 0 Å². The second kappa shape index (κ2) is 5.77. The molecule has 0 unspecified atom stereocenters. The molecule has 0 atom stereocenters. The molecule has 0 aromatic heterocycles. The van der Waals surface area contributed by atoms with E-state index in [1.54, 1.807) is 0 Å². The Balaban J connectivity index is 1.82. The van der Waals surface area contributed by atoms with Gasteiger partial charge in [0.25, 0.3) is 0 Å². The van der Waals surface area contributed by atoms with Gasteiger partial charge in [-0.05, 0) is 62.9 Å². The Bertz CT molecular complexity index is 460. The molecule has 20 heavy (non-hydrogen) atoms. The van der Waals surface area contributed by atoms with Gasteiger partial charge in [0.1, 0.15) is 0 Å². The van der Waals surface area contributed by atoms with Crippen molar-refractivity contribution in [3.8, 4) is 0 Å². The summed E-state index contributed by atoms with van der Waals surface area (Å²) in [6, 6.07) is 6.96. The number of rotatable bonds is 1. The molecule has 1 N–H and O–H groups in total. The second-order valence-corrected chi connectivity index (χ2v) is 6.81. The van der Waals surface area contributed by atoms with Crippen molar-refractivity contribution in [3.05, 3.63) is 29.3 Å². The van der Waals surface area contributed by atoms with E-state index >= 15 is 0 Å². The second-order valence-electron chi connectivity index (χ2n) is 6.81. The summed E-state index contributed by atoms with van der Waals surface area (Å²) in [7, 11) is 0. The van der Waals surface area contributed by atoms with Gasteiger partial charge in [0.2, 0.25) is 0 Å². The summed E-state index contributed by atoms with van der Waals surface area (Å²) in [6.45, 7) is 7.99. The lowest BCUT2D eigenvalue weighted by Gasteiger charge is -2.40. The molecule has 0 radical (unpaired) electrons. The molecule has 2 nitrogen and oxygen atoms in total. The van der Waals surface area contributed by atoms with Gasteiger partial charge < -0.3 is 10.2 Å². The van der Waals surface area contributed by atoms with E-state index in [9.17, 15) is 0 Å². The van der Waals surface area contributed by atoms with Crippen LogP contribution in [0.4, 0.5) is 5.69 Å². The first-order valence-corrected chi connectivity index (χ1v) is 8.26. The van der Waals surface area contributed by atoms with Crippen LogP contribution in [0.25, 0.3) is 0 Å². The fourth-order valence-corrected chi connectivity index (χ4v) is 3.83. The van der Waals surface area contributed by atoms with E-state index in [0.29, 0.717) is 5.54 Å². The number of nitrogens with one attached hydrogen (secondary N) is 1. The van der Waals surface area contributed by atoms with E-state index in [0.717, 1.165) is 0 Å². The third-order valence-corrected chi connectivity index (χ3v) is 5.26. The zero-order valence-corrected chi connectivity index (χ0v) is 13.0. The average Bonchev–Trinajstić information content (AvgIpc) is 2.66. The normalized spacial score (nSPS) is 22.8. The summed E-state index contributed by atoms with van der Waals surface area (Å²) < 4.78 is 0. The van der Waals surface area contributed by atoms with Gasteiger partial charge in [-0.15, -0.1) is 0 Å². The average molecular weight is 272 g/mol. The molecule has 1 aromatic rings. The topological polar surface area (TPSA) is 15.3 Å². The van der Waals surface area contributed by atoms with Crippen LogP contribution in [0.2, 0.25) is 0 Å². The van der Waals surface area contributed by atoms with Crippen molar-refractivity contribution in [1.82, 2.24) is 5.32 Å². The Morgan fingerprint density at radius 1 is 1.00 bits per heavy atom. The lowest BCUT2D eigenvalue weighted by Crippen LogP contribution is -2.52. The quantitative estimate of drug-likeness (QED) is 0.836. The van der Waals surface area contributed by atoms with Crippen LogP contribution in [0.15, 0.2) is 18.2 Å². The summed E-state index contributed by atoms with van der Waals surface area (Å²) in [5, 5.41) is 3.88. The highest BCUT2D eigenvalue weighted by molar-refractivity contribution is 5.51. The van der Waals surface area contributed by atoms with E-state index in [1.807, 2.05) is 0 Å². The zero-order valence-electron chi connectivity index (χ0n) is 13.0. The predicted molar refractivity (Wildman–Crippen MR) is 86.6 cm³/mol. The molecule has 110 valence electrons. The predicted octanol–water partition coefficient (Wildman–Crippen LogP) is 3.81. The number of nitrogens with zero attached hydrogens (tertiary/aromatic N) is 1. The lowest BCUT2D eigenvalue weighted by molar-refractivity contribution is 0.246. The van der Waals surface area contributed by atoms with Crippen LogP contribution in [0, 0.1) is 13.8 Å². The molecule has 1 heterocycles. The molecule has 1 saturated carbocycles. The maximum absolute atomic E-state index is 3.88. The molecule has 3 rings (SSSR count). The van der Waals surface area contributed by atoms with Crippen molar-refractivity contribution in [3.63, 3.8) is 0 Å². The SMILES string of the molecule is Cc1ccc(N2CCCNC3(CCCCC3)C2)cc1C. The first-order chi connectivity index (χ1) is 9.69. The van der Waals surface area contributed by atoms with E-state index in [2.05, 4.69) is 42.3 Å². The zero-order chi connectivity index (χ0) is 14.0. The van der Waals surface area contributed by atoms with Crippen molar-refractivity contribution in [1.29, 1.82) is 0 Å². The third-order valence-electron chi connectivity index (χ3n) is 5.26. The fraction of sp³-hybridized carbons (Fsp3) is 0.667. The van der Waals surface area contributed by atoms with E-state index in [-0.39, 0.29) is 0 Å². The Hall–Kier alpha value is -1.02. The van der Waals surface area contributed by atoms with Crippen LogP contribution in [0.1, 0.15) is 49.7 Å². The Morgan fingerprint density at radius 2 is 1.80 bits per heavy atom. The van der Waals surface area contributed by atoms with E-state index in [4.69, 9.17) is 0 Å². The molecule has 1 spiro atoms. The number of benzene rings is 1. The summed E-state index contributed by atoms with van der Waals surface area (Å²) in [4.78, 5) is 2.62. The van der Waals surface area contributed by atoms with Crippen LogP contribution in [0.5, 0.6) is 0 Å². The minimum Gasteiger partial charge on any atom is -0.370 e. The highest BCUT2D eigenvalue weighted by atomic mass is 15.2. The molecule has 0 amide bonds. The van der Waals surface area contributed by atoms with Crippen molar-refractivity contribution in [2.45, 2.75) is 57.9 Å². The van der Waals surface area contributed by atoms with Gasteiger partial charge in [-0.1, -0.05) is 25.3 Å². The van der Waals surface area contributed by atoms with Gasteiger partial charge in [-0.2, -0.15) is 0 Å². The van der Waals surface area contributed by atoms with Crippen LogP contribution in [0.3, 0.4) is 0 Å². The standard InChI is InChI=1S/C18H28N2/c1-15-7-8-17(13-16(15)2)20-12-6-11-19-18(14-20)9-4-3-5-10-18/h7-8,13,19H,3-6,9-12,14H2,1-2H3. The molecule has 1 saturated heterocycles. The highest BCUT2D eigenvalue weighted by Crippen LogP contribution is 2.32. The van der Waals surface area contributed by atoms with Crippen LogP contribution in [-0.4, -0.2) is 25.2 Å². The molecule has 1 aliphatic carbocycles. The fourth-order valence-electron chi connectivity index (χ4n) is 3.83. The highest BCUT2D eigenvalue weighted by Gasteiger charge is 2.34. The number of hydrogen-bond acceptors (Lipinski definition) is 2. The lowest BCUT2D eigenvalue weighted by atomic mass is 9.81. The van der Waals surface area contributed by atoms with Gasteiger partial charge in [-0.25, -0.2) is 0 Å². The van der Waals surface area contributed by atoms with Crippen LogP contribution in [-0.2, 0) is 0 Å². The molecule has 2 fully saturated rings. The van der Waals surface area contributed by atoms with Crippen LogP contribution >= 0.6 is 0 Å². The maximum atomic E-state index is 3.88. The van der Waals surface area contributed by atoms with Gasteiger partial charge in [-0.3, -0.25) is 0 Å². The third kappa shape index (κ3) is 2.85. The number of hydrogen-bond donors (Lipinski definition) is 1. The largest absolute Gasteiger partial charge is 0.370 e. The molecular weight excluding hydrogens is 244 g/mol. The Morgan fingerprint density at radius 3 is 2.55 bits per heavy atom. The Kier molecular flexibility index (Phi) is 4.02. The summed E-state index contributed by atoms with van der Waals surface area (Å²) >= 11 is 0. The molecule has 0 bridgehead atoms. The summed E-state index contributed by atoms with van der Waals surface area (Å²) in [5.41, 5.74) is 4.61. The van der Waals surface area contributed by atoms with E-state index < -0.39 is 0 Å². The summed E-state index contributed by atoms with van der Waals surface area (Å²) in [6.07, 6.45) is 8.19. The number of anilines is 1. The van der Waals surface area contributed by atoms with Crippen molar-refractivity contribution in [2.24, 2.45) is 0 Å².